The molecule has 0 aromatic heterocycles. The van der Waals surface area contributed by atoms with E-state index in [9.17, 15) is 9.59 Å². The molecule has 1 aliphatic heterocycles. The maximum absolute atomic E-state index is 11.9. The summed E-state index contributed by atoms with van der Waals surface area (Å²) in [4.78, 5) is 25.3. The van der Waals surface area contributed by atoms with E-state index in [1.165, 1.54) is 7.11 Å². The Bertz CT molecular complexity index is 521. The summed E-state index contributed by atoms with van der Waals surface area (Å²) in [6, 6.07) is 7.41. The van der Waals surface area contributed by atoms with Crippen molar-refractivity contribution in [3.8, 4) is 0 Å². The Hall–Kier alpha value is -1.59. The van der Waals surface area contributed by atoms with Crippen LogP contribution in [0.2, 0.25) is 5.02 Å². The molecule has 21 heavy (non-hydrogen) atoms. The number of benzene rings is 1. The van der Waals surface area contributed by atoms with Crippen molar-refractivity contribution in [3.05, 3.63) is 34.9 Å². The lowest BCUT2D eigenvalue weighted by Gasteiger charge is -2.15. The number of carbonyl (C=O) groups is 2. The smallest absolute Gasteiger partial charge is 0.310 e. The number of nitrogens with zero attached hydrogens (tertiary/aromatic N) is 1. The molecule has 1 aromatic rings. The third-order valence-electron chi connectivity index (χ3n) is 3.61. The Labute approximate surface area is 129 Å². The number of methoxy groups -OCH3 is 1. The average molecular weight is 311 g/mol. The number of hydrogen-bond donors (Lipinski definition) is 1. The fourth-order valence-electron chi connectivity index (χ4n) is 2.43. The maximum Gasteiger partial charge on any atom is 0.310 e. The molecule has 114 valence electrons. The van der Waals surface area contributed by atoms with Crippen LogP contribution in [0.4, 0.5) is 0 Å². The highest BCUT2D eigenvalue weighted by atomic mass is 35.5. The van der Waals surface area contributed by atoms with Crippen LogP contribution in [0.25, 0.3) is 0 Å². The van der Waals surface area contributed by atoms with E-state index in [1.807, 2.05) is 23.1 Å². The van der Waals surface area contributed by atoms with Gasteiger partial charge in [-0.25, -0.2) is 0 Å². The van der Waals surface area contributed by atoms with Gasteiger partial charge in [-0.1, -0.05) is 29.8 Å². The van der Waals surface area contributed by atoms with Crippen LogP contribution in [0.5, 0.6) is 0 Å². The van der Waals surface area contributed by atoms with E-state index >= 15 is 0 Å². The number of esters is 1. The summed E-state index contributed by atoms with van der Waals surface area (Å²) in [5.74, 6) is -0.388. The molecule has 0 saturated carbocycles. The fraction of sp³-hybridized carbons (Fsp3) is 0.467. The Kier molecular flexibility index (Phi) is 5.59. The first-order valence-electron chi connectivity index (χ1n) is 6.90. The maximum atomic E-state index is 11.9. The summed E-state index contributed by atoms with van der Waals surface area (Å²) in [6.07, 6.45) is 0.741. The molecule has 1 atom stereocenters. The van der Waals surface area contributed by atoms with E-state index in [0.29, 0.717) is 18.1 Å². The molecule has 6 heteroatoms. The molecule has 0 radical (unpaired) electrons. The molecule has 1 unspecified atom stereocenters. The van der Waals surface area contributed by atoms with E-state index in [2.05, 4.69) is 5.32 Å². The van der Waals surface area contributed by atoms with E-state index in [1.54, 1.807) is 6.07 Å². The zero-order chi connectivity index (χ0) is 15.2. The van der Waals surface area contributed by atoms with E-state index < -0.39 is 0 Å². The van der Waals surface area contributed by atoms with Crippen LogP contribution >= 0.6 is 11.6 Å². The van der Waals surface area contributed by atoms with Gasteiger partial charge in [-0.2, -0.15) is 0 Å². The zero-order valence-electron chi connectivity index (χ0n) is 12.0. The fourth-order valence-corrected chi connectivity index (χ4v) is 2.63. The van der Waals surface area contributed by atoms with Crippen LogP contribution in [-0.2, 0) is 20.9 Å². The third kappa shape index (κ3) is 4.44. The van der Waals surface area contributed by atoms with Crippen molar-refractivity contribution >= 4 is 23.5 Å². The minimum Gasteiger partial charge on any atom is -0.469 e. The van der Waals surface area contributed by atoms with Crippen molar-refractivity contribution in [1.82, 2.24) is 10.2 Å². The Balaban J connectivity index is 1.76. The van der Waals surface area contributed by atoms with Gasteiger partial charge in [0.2, 0.25) is 5.91 Å². The van der Waals surface area contributed by atoms with Crippen LogP contribution in [0.3, 0.4) is 0 Å². The lowest BCUT2D eigenvalue weighted by molar-refractivity contribution is -0.145. The van der Waals surface area contributed by atoms with Crippen molar-refractivity contribution in [3.63, 3.8) is 0 Å². The van der Waals surface area contributed by atoms with E-state index in [0.717, 1.165) is 18.5 Å². The van der Waals surface area contributed by atoms with Gasteiger partial charge < -0.3 is 10.1 Å². The number of nitrogens with one attached hydrogen (secondary N) is 1. The molecule has 1 aromatic carbocycles. The van der Waals surface area contributed by atoms with Crippen molar-refractivity contribution in [1.29, 1.82) is 0 Å². The van der Waals surface area contributed by atoms with Crippen LogP contribution in [0.15, 0.2) is 24.3 Å². The molecule has 1 amide bonds. The van der Waals surface area contributed by atoms with Gasteiger partial charge in [0.1, 0.15) is 0 Å². The molecule has 0 aliphatic carbocycles. The standard InChI is InChI=1S/C15H19ClN2O3/c1-21-15(20)12-6-7-18(9-12)10-14(19)17-8-11-4-2-3-5-13(11)16/h2-5,12H,6-10H2,1H3,(H,17,19). The quantitative estimate of drug-likeness (QED) is 0.836. The number of rotatable bonds is 5. The zero-order valence-corrected chi connectivity index (χ0v) is 12.7. The molecule has 1 heterocycles. The van der Waals surface area contributed by atoms with Crippen molar-refractivity contribution in [2.75, 3.05) is 26.7 Å². The highest BCUT2D eigenvalue weighted by Gasteiger charge is 2.29. The van der Waals surface area contributed by atoms with Crippen molar-refractivity contribution in [2.45, 2.75) is 13.0 Å². The number of ether oxygens (including phenoxy) is 1. The molecule has 1 saturated heterocycles. The summed E-state index contributed by atoms with van der Waals surface area (Å²) in [7, 11) is 1.39. The Morgan fingerprint density at radius 1 is 1.43 bits per heavy atom. The topological polar surface area (TPSA) is 58.6 Å². The molecule has 2 rings (SSSR count). The van der Waals surface area contributed by atoms with Gasteiger partial charge in [0.05, 0.1) is 19.6 Å². The molecule has 1 N–H and O–H groups in total. The van der Waals surface area contributed by atoms with Gasteiger partial charge >= 0.3 is 5.97 Å². The SMILES string of the molecule is COC(=O)C1CCN(CC(=O)NCc2ccccc2Cl)C1. The number of carbonyl (C=O) groups excluding carboxylic acids is 2. The lowest BCUT2D eigenvalue weighted by atomic mass is 10.1. The summed E-state index contributed by atoms with van der Waals surface area (Å²) < 4.78 is 4.73. The minimum atomic E-state index is -0.200. The van der Waals surface area contributed by atoms with Crippen molar-refractivity contribution < 1.29 is 14.3 Å². The summed E-state index contributed by atoms with van der Waals surface area (Å²) in [6.45, 7) is 2.01. The first kappa shape index (κ1) is 15.8. The minimum absolute atomic E-state index is 0.0690. The highest BCUT2D eigenvalue weighted by Crippen LogP contribution is 2.17. The summed E-state index contributed by atoms with van der Waals surface area (Å²) in [5, 5.41) is 3.49. The van der Waals surface area contributed by atoms with Gasteiger partial charge in [0, 0.05) is 18.1 Å². The number of halogens is 1. The summed E-state index contributed by atoms with van der Waals surface area (Å²) in [5.41, 5.74) is 0.890. The number of amides is 1. The number of hydrogen-bond acceptors (Lipinski definition) is 4. The second-order valence-electron chi connectivity index (χ2n) is 5.11. The largest absolute Gasteiger partial charge is 0.469 e. The van der Waals surface area contributed by atoms with E-state index in [-0.39, 0.29) is 24.3 Å². The molecular weight excluding hydrogens is 292 g/mol. The normalized spacial score (nSPS) is 18.5. The predicted octanol–water partition coefficient (Wildman–Crippen LogP) is 1.45. The van der Waals surface area contributed by atoms with Gasteiger partial charge in [-0.3, -0.25) is 14.5 Å². The molecule has 0 bridgehead atoms. The molecule has 0 spiro atoms. The Morgan fingerprint density at radius 2 is 2.19 bits per heavy atom. The molecule has 1 fully saturated rings. The predicted molar refractivity (Wildman–Crippen MR) is 79.9 cm³/mol. The van der Waals surface area contributed by atoms with E-state index in [4.69, 9.17) is 16.3 Å². The first-order valence-corrected chi connectivity index (χ1v) is 7.28. The monoisotopic (exact) mass is 310 g/mol. The van der Waals surface area contributed by atoms with Crippen LogP contribution in [-0.4, -0.2) is 43.5 Å². The average Bonchev–Trinajstić information content (AvgIpc) is 2.94. The second-order valence-corrected chi connectivity index (χ2v) is 5.52. The van der Waals surface area contributed by atoms with Crippen molar-refractivity contribution in [2.24, 2.45) is 5.92 Å². The second kappa shape index (κ2) is 7.43. The van der Waals surface area contributed by atoms with Gasteiger partial charge in [-0.15, -0.1) is 0 Å². The van der Waals surface area contributed by atoms with Crippen LogP contribution < -0.4 is 5.32 Å². The Morgan fingerprint density at radius 3 is 2.90 bits per heavy atom. The molecule has 1 aliphatic rings. The third-order valence-corrected chi connectivity index (χ3v) is 3.98. The summed E-state index contributed by atoms with van der Waals surface area (Å²) >= 11 is 6.03. The first-order chi connectivity index (χ1) is 10.1. The lowest BCUT2D eigenvalue weighted by Crippen LogP contribution is -2.36. The van der Waals surface area contributed by atoms with Gasteiger partial charge in [0.25, 0.3) is 0 Å². The highest BCUT2D eigenvalue weighted by molar-refractivity contribution is 6.31. The molecule has 5 nitrogen and oxygen atoms in total. The van der Waals surface area contributed by atoms with Gasteiger partial charge in [0.15, 0.2) is 0 Å². The number of likely N-dealkylation sites (tertiary alicyclic amines) is 1. The van der Waals surface area contributed by atoms with Crippen LogP contribution in [0.1, 0.15) is 12.0 Å². The van der Waals surface area contributed by atoms with Crippen LogP contribution in [0, 0.1) is 5.92 Å². The van der Waals surface area contributed by atoms with Gasteiger partial charge in [-0.05, 0) is 24.6 Å². The molecular formula is C15H19ClN2O3.